The zero-order valence-corrected chi connectivity index (χ0v) is 10.6. The fourth-order valence-corrected chi connectivity index (χ4v) is 2.61. The summed E-state index contributed by atoms with van der Waals surface area (Å²) in [6.07, 6.45) is 0.286. The molecule has 1 aromatic carbocycles. The van der Waals surface area contributed by atoms with Crippen LogP contribution in [0.3, 0.4) is 0 Å². The SMILES string of the molecule is COC(=O)C[C@]1(C)NN=C(c2ccccc2)S1. The number of nitrogens with zero attached hydrogens (tertiary/aromatic N) is 1. The summed E-state index contributed by atoms with van der Waals surface area (Å²) in [7, 11) is 1.39. The van der Waals surface area contributed by atoms with Gasteiger partial charge in [-0.2, -0.15) is 5.10 Å². The van der Waals surface area contributed by atoms with Crippen molar-refractivity contribution in [2.24, 2.45) is 5.10 Å². The maximum absolute atomic E-state index is 11.3. The smallest absolute Gasteiger partial charge is 0.308 e. The summed E-state index contributed by atoms with van der Waals surface area (Å²) in [6, 6.07) is 9.89. The van der Waals surface area contributed by atoms with Crippen LogP contribution < -0.4 is 5.43 Å². The summed E-state index contributed by atoms with van der Waals surface area (Å²) in [5, 5.41) is 5.17. The van der Waals surface area contributed by atoms with Gasteiger partial charge in [-0.1, -0.05) is 42.1 Å². The topological polar surface area (TPSA) is 50.7 Å². The summed E-state index contributed by atoms with van der Waals surface area (Å²) < 4.78 is 4.68. The van der Waals surface area contributed by atoms with Crippen LogP contribution in [0.4, 0.5) is 0 Å². The first-order chi connectivity index (χ1) is 8.13. The van der Waals surface area contributed by atoms with Crippen LogP contribution in [-0.4, -0.2) is 23.0 Å². The van der Waals surface area contributed by atoms with E-state index in [-0.39, 0.29) is 12.4 Å². The van der Waals surface area contributed by atoms with E-state index < -0.39 is 4.87 Å². The van der Waals surface area contributed by atoms with Gasteiger partial charge in [-0.25, -0.2) is 0 Å². The standard InChI is InChI=1S/C12H14N2O2S/c1-12(8-10(15)16-2)14-13-11(17-12)9-6-4-3-5-7-9/h3-7,14H,8H2,1-2H3/t12-/m1/s1. The number of rotatable bonds is 3. The van der Waals surface area contributed by atoms with E-state index in [9.17, 15) is 4.79 Å². The van der Waals surface area contributed by atoms with Crippen molar-refractivity contribution in [1.29, 1.82) is 0 Å². The molecular formula is C12H14N2O2S. The molecule has 0 amide bonds. The molecule has 1 aliphatic rings. The Morgan fingerprint density at radius 3 is 2.82 bits per heavy atom. The molecule has 1 heterocycles. The molecule has 1 aliphatic heterocycles. The first-order valence-electron chi connectivity index (χ1n) is 5.29. The molecule has 0 aliphatic carbocycles. The van der Waals surface area contributed by atoms with Crippen LogP contribution in [-0.2, 0) is 9.53 Å². The van der Waals surface area contributed by atoms with Gasteiger partial charge >= 0.3 is 5.97 Å². The van der Waals surface area contributed by atoms with Gasteiger partial charge in [0.05, 0.1) is 13.5 Å². The zero-order valence-electron chi connectivity index (χ0n) is 9.77. The van der Waals surface area contributed by atoms with Gasteiger partial charge in [-0.15, -0.1) is 0 Å². The molecule has 90 valence electrons. The highest BCUT2D eigenvalue weighted by atomic mass is 32.2. The Balaban J connectivity index is 2.06. The number of hydrogen-bond acceptors (Lipinski definition) is 5. The molecule has 0 unspecified atom stereocenters. The van der Waals surface area contributed by atoms with Crippen LogP contribution in [0.5, 0.6) is 0 Å². The predicted octanol–water partition coefficient (Wildman–Crippen LogP) is 1.96. The zero-order chi connectivity index (χ0) is 12.3. The third kappa shape index (κ3) is 2.79. The van der Waals surface area contributed by atoms with E-state index in [2.05, 4.69) is 15.3 Å². The van der Waals surface area contributed by atoms with E-state index in [0.717, 1.165) is 10.6 Å². The van der Waals surface area contributed by atoms with E-state index in [1.54, 1.807) is 11.8 Å². The van der Waals surface area contributed by atoms with Crippen molar-refractivity contribution < 1.29 is 9.53 Å². The maximum Gasteiger partial charge on any atom is 0.308 e. The molecule has 0 bridgehead atoms. The summed E-state index contributed by atoms with van der Waals surface area (Å²) in [4.78, 5) is 10.9. The predicted molar refractivity (Wildman–Crippen MR) is 68.7 cm³/mol. The fraction of sp³-hybridized carbons (Fsp3) is 0.333. The van der Waals surface area contributed by atoms with Crippen molar-refractivity contribution in [3.63, 3.8) is 0 Å². The number of carbonyl (C=O) groups excluding carboxylic acids is 1. The summed E-state index contributed by atoms with van der Waals surface area (Å²) in [6.45, 7) is 1.94. The van der Waals surface area contributed by atoms with Crippen LogP contribution >= 0.6 is 11.8 Å². The molecule has 0 saturated carbocycles. The third-order valence-electron chi connectivity index (χ3n) is 2.45. The number of methoxy groups -OCH3 is 1. The molecule has 0 spiro atoms. The van der Waals surface area contributed by atoms with Crippen LogP contribution in [0.1, 0.15) is 18.9 Å². The molecule has 0 radical (unpaired) electrons. The number of benzene rings is 1. The quantitative estimate of drug-likeness (QED) is 0.833. The second kappa shape index (κ2) is 4.79. The van der Waals surface area contributed by atoms with Crippen LogP contribution in [0.15, 0.2) is 35.4 Å². The fourth-order valence-electron chi connectivity index (χ4n) is 1.56. The lowest BCUT2D eigenvalue weighted by Gasteiger charge is -2.20. The normalized spacial score (nSPS) is 22.8. The molecule has 0 fully saturated rings. The largest absolute Gasteiger partial charge is 0.469 e. The van der Waals surface area contributed by atoms with E-state index >= 15 is 0 Å². The van der Waals surface area contributed by atoms with Crippen molar-refractivity contribution in [3.05, 3.63) is 35.9 Å². The molecule has 4 nitrogen and oxygen atoms in total. The number of ether oxygens (including phenoxy) is 1. The minimum Gasteiger partial charge on any atom is -0.469 e. The highest BCUT2D eigenvalue weighted by Gasteiger charge is 2.35. The van der Waals surface area contributed by atoms with Crippen molar-refractivity contribution in [2.75, 3.05) is 7.11 Å². The minimum absolute atomic E-state index is 0.239. The summed E-state index contributed by atoms with van der Waals surface area (Å²) >= 11 is 1.55. The van der Waals surface area contributed by atoms with Gasteiger partial charge in [-0.05, 0) is 6.92 Å². The number of carbonyl (C=O) groups is 1. The second-order valence-corrected chi connectivity index (χ2v) is 5.47. The summed E-state index contributed by atoms with van der Waals surface area (Å²) in [5.74, 6) is -0.239. The average molecular weight is 250 g/mol. The monoisotopic (exact) mass is 250 g/mol. The minimum atomic E-state index is -0.418. The lowest BCUT2D eigenvalue weighted by atomic mass is 10.2. The van der Waals surface area contributed by atoms with Gasteiger partial charge < -0.3 is 4.74 Å². The first-order valence-corrected chi connectivity index (χ1v) is 6.11. The molecule has 17 heavy (non-hydrogen) atoms. The van der Waals surface area contributed by atoms with Gasteiger partial charge in [-0.3, -0.25) is 10.2 Å². The van der Waals surface area contributed by atoms with Crippen LogP contribution in [0.2, 0.25) is 0 Å². The van der Waals surface area contributed by atoms with E-state index in [1.165, 1.54) is 7.11 Å². The molecular weight excluding hydrogens is 236 g/mol. The van der Waals surface area contributed by atoms with Crippen LogP contribution in [0, 0.1) is 0 Å². The Labute approximate surface area is 104 Å². The van der Waals surface area contributed by atoms with E-state index in [0.29, 0.717) is 0 Å². The Morgan fingerprint density at radius 2 is 2.18 bits per heavy atom. The first kappa shape index (κ1) is 12.0. The highest BCUT2D eigenvalue weighted by Crippen LogP contribution is 2.34. The van der Waals surface area contributed by atoms with Crippen molar-refractivity contribution in [3.8, 4) is 0 Å². The van der Waals surface area contributed by atoms with Gasteiger partial charge in [0.2, 0.25) is 0 Å². The number of thioether (sulfide) groups is 1. The highest BCUT2D eigenvalue weighted by molar-refractivity contribution is 8.15. The van der Waals surface area contributed by atoms with Gasteiger partial charge in [0.1, 0.15) is 9.91 Å². The Morgan fingerprint density at radius 1 is 1.47 bits per heavy atom. The van der Waals surface area contributed by atoms with Crippen molar-refractivity contribution in [2.45, 2.75) is 18.2 Å². The third-order valence-corrected chi connectivity index (χ3v) is 3.65. The molecule has 0 aromatic heterocycles. The maximum atomic E-state index is 11.3. The van der Waals surface area contributed by atoms with E-state index in [1.807, 2.05) is 37.3 Å². The van der Waals surface area contributed by atoms with Gasteiger partial charge in [0, 0.05) is 5.56 Å². The Hall–Kier alpha value is -1.49. The molecule has 1 aromatic rings. The second-order valence-electron chi connectivity index (χ2n) is 3.98. The van der Waals surface area contributed by atoms with Gasteiger partial charge in [0.15, 0.2) is 0 Å². The molecule has 1 atom stereocenters. The lowest BCUT2D eigenvalue weighted by molar-refractivity contribution is -0.141. The lowest BCUT2D eigenvalue weighted by Crippen LogP contribution is -2.34. The van der Waals surface area contributed by atoms with Gasteiger partial charge in [0.25, 0.3) is 0 Å². The Bertz CT molecular complexity index is 447. The average Bonchev–Trinajstić information content (AvgIpc) is 2.72. The number of esters is 1. The van der Waals surface area contributed by atoms with Crippen LogP contribution in [0.25, 0.3) is 0 Å². The van der Waals surface area contributed by atoms with Crippen molar-refractivity contribution >= 4 is 22.8 Å². The number of hydrazone groups is 1. The van der Waals surface area contributed by atoms with Crippen molar-refractivity contribution in [1.82, 2.24) is 5.43 Å². The molecule has 5 heteroatoms. The number of hydrogen-bond donors (Lipinski definition) is 1. The Kier molecular flexibility index (Phi) is 3.38. The molecule has 0 saturated heterocycles. The molecule has 1 N–H and O–H groups in total. The molecule has 2 rings (SSSR count). The van der Waals surface area contributed by atoms with E-state index in [4.69, 9.17) is 0 Å². The number of nitrogens with one attached hydrogen (secondary N) is 1. The summed E-state index contributed by atoms with van der Waals surface area (Å²) in [5.41, 5.74) is 4.05.